The minimum absolute atomic E-state index is 0.0470. The number of hydrogen-bond acceptors (Lipinski definition) is 7. The summed E-state index contributed by atoms with van der Waals surface area (Å²) in [5.74, 6) is 1.31. The number of aromatic nitrogens is 3. The summed E-state index contributed by atoms with van der Waals surface area (Å²) in [4.78, 5) is 30.0. The molecular formula is C36H42N6O5. The van der Waals surface area contributed by atoms with Crippen LogP contribution in [-0.4, -0.2) is 56.2 Å². The van der Waals surface area contributed by atoms with Gasteiger partial charge in [-0.25, -0.2) is 9.48 Å². The van der Waals surface area contributed by atoms with Gasteiger partial charge in [0.1, 0.15) is 17.3 Å². The highest BCUT2D eigenvalue weighted by atomic mass is 16.5. The van der Waals surface area contributed by atoms with E-state index in [0.717, 1.165) is 41.3 Å². The quantitative estimate of drug-likeness (QED) is 0.102. The maximum absolute atomic E-state index is 13.2. The van der Waals surface area contributed by atoms with Crippen molar-refractivity contribution in [3.63, 3.8) is 0 Å². The van der Waals surface area contributed by atoms with Gasteiger partial charge in [-0.2, -0.15) is 5.10 Å². The fraction of sp³-hybridized carbons (Fsp3) is 0.278. The van der Waals surface area contributed by atoms with E-state index in [-0.39, 0.29) is 18.9 Å². The number of unbranched alkanes of at least 4 members (excludes halogenated alkanes) is 1. The zero-order valence-corrected chi connectivity index (χ0v) is 26.9. The molecule has 3 amide bonds. The van der Waals surface area contributed by atoms with E-state index >= 15 is 0 Å². The predicted octanol–water partition coefficient (Wildman–Crippen LogP) is 6.24. The molecule has 0 radical (unpaired) electrons. The Balaban J connectivity index is 0.00000245. The first-order chi connectivity index (χ1) is 22.9. The van der Waals surface area contributed by atoms with Gasteiger partial charge in [0.25, 0.3) is 0 Å². The summed E-state index contributed by atoms with van der Waals surface area (Å²) in [6, 6.07) is 23.6. The van der Waals surface area contributed by atoms with Crippen LogP contribution in [0.2, 0.25) is 0 Å². The lowest BCUT2D eigenvalue weighted by Gasteiger charge is -2.14. The van der Waals surface area contributed by atoms with E-state index in [1.807, 2.05) is 56.3 Å². The van der Waals surface area contributed by atoms with Gasteiger partial charge in [-0.3, -0.25) is 15.1 Å². The molecule has 0 saturated carbocycles. The van der Waals surface area contributed by atoms with Gasteiger partial charge >= 0.3 is 6.03 Å². The monoisotopic (exact) mass is 638 g/mol. The number of aliphatic hydroxyl groups excluding tert-OH is 2. The number of ether oxygens (including phenoxy) is 1. The Morgan fingerprint density at radius 3 is 2.53 bits per heavy atom. The highest BCUT2D eigenvalue weighted by molar-refractivity contribution is 5.99. The number of benzene rings is 3. The van der Waals surface area contributed by atoms with Crippen molar-refractivity contribution in [2.24, 2.45) is 0 Å². The van der Waals surface area contributed by atoms with Crippen molar-refractivity contribution >= 4 is 34.2 Å². The van der Waals surface area contributed by atoms with Crippen LogP contribution in [0.3, 0.4) is 0 Å². The van der Waals surface area contributed by atoms with Crippen molar-refractivity contribution < 1.29 is 24.5 Å². The van der Waals surface area contributed by atoms with E-state index in [2.05, 4.69) is 27.9 Å². The zero-order valence-electron chi connectivity index (χ0n) is 26.9. The molecule has 0 aliphatic carbocycles. The molecule has 0 bridgehead atoms. The first-order valence-corrected chi connectivity index (χ1v) is 15.8. The molecule has 2 aromatic heterocycles. The maximum Gasteiger partial charge on any atom is 0.324 e. The molecule has 0 fully saturated rings. The molecule has 47 heavy (non-hydrogen) atoms. The largest absolute Gasteiger partial charge is 0.456 e. The predicted molar refractivity (Wildman–Crippen MR) is 184 cm³/mol. The van der Waals surface area contributed by atoms with Crippen LogP contribution in [0.15, 0.2) is 91.3 Å². The first-order valence-electron chi connectivity index (χ1n) is 15.8. The summed E-state index contributed by atoms with van der Waals surface area (Å²) < 4.78 is 7.52. The minimum Gasteiger partial charge on any atom is -0.456 e. The van der Waals surface area contributed by atoms with E-state index in [0.29, 0.717) is 28.7 Å². The maximum atomic E-state index is 13.2. The zero-order chi connectivity index (χ0) is 33.6. The standard InChI is InChI=1S/C34H36N6O5.C2H6/c1-2-3-9-26-19-32(38-34(44)37-25-10-6-11-29(18-25)45-30-12-7-14-35-21-30)40(39-26)27-15-23-8-4-5-13-31(23)24(16-27)17-33(43)36-20-28(42)22-41;1-2/h4-8,10-16,18-19,21,28,41-42H,2-3,9,17,20,22H2,1H3,(H,36,43)(H2,37,38,44);1-2H3. The minimum atomic E-state index is -1.03. The molecule has 5 rings (SSSR count). The smallest absolute Gasteiger partial charge is 0.324 e. The van der Waals surface area contributed by atoms with Gasteiger partial charge < -0.3 is 25.6 Å². The van der Waals surface area contributed by atoms with E-state index < -0.39 is 18.7 Å². The van der Waals surface area contributed by atoms with Crippen LogP contribution in [0, 0.1) is 0 Å². The second kappa shape index (κ2) is 17.4. The third-order valence-corrected chi connectivity index (χ3v) is 7.02. The van der Waals surface area contributed by atoms with Gasteiger partial charge in [0.05, 0.1) is 36.7 Å². The first kappa shape index (κ1) is 34.6. The summed E-state index contributed by atoms with van der Waals surface area (Å²) in [6.07, 6.45) is 4.97. The van der Waals surface area contributed by atoms with Gasteiger partial charge in [0.2, 0.25) is 5.91 Å². The highest BCUT2D eigenvalue weighted by Crippen LogP contribution is 2.28. The molecule has 3 aromatic carbocycles. The second-order valence-electron chi connectivity index (χ2n) is 10.6. The fourth-order valence-electron chi connectivity index (χ4n) is 4.83. The number of amides is 3. The Morgan fingerprint density at radius 1 is 0.957 bits per heavy atom. The summed E-state index contributed by atoms with van der Waals surface area (Å²) in [7, 11) is 0. The van der Waals surface area contributed by atoms with E-state index in [1.54, 1.807) is 53.5 Å². The molecule has 0 saturated heterocycles. The number of carbonyl (C=O) groups is 2. The summed E-state index contributed by atoms with van der Waals surface area (Å²) in [5.41, 5.74) is 2.79. The molecule has 1 unspecified atom stereocenters. The third kappa shape index (κ3) is 9.86. The van der Waals surface area contributed by atoms with Crippen molar-refractivity contribution in [3.8, 4) is 17.2 Å². The number of anilines is 2. The Bertz CT molecular complexity index is 1760. The Hall–Kier alpha value is -5.26. The van der Waals surface area contributed by atoms with Crippen LogP contribution in [0.5, 0.6) is 11.5 Å². The molecule has 1 atom stereocenters. The number of pyridine rings is 1. The lowest BCUT2D eigenvalue weighted by atomic mass is 10.0. The van der Waals surface area contributed by atoms with Crippen LogP contribution in [0.4, 0.5) is 16.3 Å². The summed E-state index contributed by atoms with van der Waals surface area (Å²) in [5, 5.41) is 33.8. The molecule has 2 heterocycles. The van der Waals surface area contributed by atoms with Gasteiger partial charge in [-0.05, 0) is 65.6 Å². The highest BCUT2D eigenvalue weighted by Gasteiger charge is 2.17. The van der Waals surface area contributed by atoms with Crippen molar-refractivity contribution in [3.05, 3.63) is 103 Å². The number of nitrogens with zero attached hydrogens (tertiary/aromatic N) is 3. The molecule has 246 valence electrons. The molecule has 0 aliphatic rings. The molecule has 11 heteroatoms. The number of urea groups is 1. The van der Waals surface area contributed by atoms with Crippen molar-refractivity contribution in [2.45, 2.75) is 52.6 Å². The number of fused-ring (bicyclic) bond motifs is 1. The molecule has 5 aromatic rings. The van der Waals surface area contributed by atoms with E-state index in [9.17, 15) is 14.7 Å². The molecule has 0 spiro atoms. The van der Waals surface area contributed by atoms with Crippen LogP contribution >= 0.6 is 0 Å². The van der Waals surface area contributed by atoms with E-state index in [1.165, 1.54) is 0 Å². The Kier molecular flexibility index (Phi) is 12.8. The third-order valence-electron chi connectivity index (χ3n) is 7.02. The van der Waals surface area contributed by atoms with Gasteiger partial charge in [0, 0.05) is 30.6 Å². The Labute approximate surface area is 274 Å². The topological polar surface area (TPSA) is 151 Å². The SMILES string of the molecule is CC.CCCCc1cc(NC(=O)Nc2cccc(Oc3cccnc3)c2)n(-c2cc(CC(=O)NCC(O)CO)c3ccccc3c2)n1. The second-order valence-corrected chi connectivity index (χ2v) is 10.6. The lowest BCUT2D eigenvalue weighted by molar-refractivity contribution is -0.121. The van der Waals surface area contributed by atoms with Crippen molar-refractivity contribution in [2.75, 3.05) is 23.8 Å². The van der Waals surface area contributed by atoms with Crippen LogP contribution in [0.1, 0.15) is 44.9 Å². The average molecular weight is 639 g/mol. The van der Waals surface area contributed by atoms with Crippen LogP contribution in [-0.2, 0) is 17.6 Å². The number of nitrogens with one attached hydrogen (secondary N) is 3. The number of carbonyl (C=O) groups excluding carboxylic acids is 2. The lowest BCUT2D eigenvalue weighted by Crippen LogP contribution is -2.34. The number of rotatable bonds is 13. The number of aryl methyl sites for hydroxylation is 1. The number of hydrogen-bond donors (Lipinski definition) is 5. The molecule has 11 nitrogen and oxygen atoms in total. The van der Waals surface area contributed by atoms with Crippen LogP contribution < -0.4 is 20.7 Å². The average Bonchev–Trinajstić information content (AvgIpc) is 3.49. The Morgan fingerprint density at radius 2 is 1.77 bits per heavy atom. The molecule has 0 aliphatic heterocycles. The fourth-order valence-corrected chi connectivity index (χ4v) is 4.83. The van der Waals surface area contributed by atoms with Crippen molar-refractivity contribution in [1.82, 2.24) is 20.1 Å². The van der Waals surface area contributed by atoms with Gasteiger partial charge in [0.15, 0.2) is 0 Å². The number of aliphatic hydroxyl groups is 2. The molecular weight excluding hydrogens is 596 g/mol. The normalized spacial score (nSPS) is 11.3. The summed E-state index contributed by atoms with van der Waals surface area (Å²) in [6.45, 7) is 5.62. The van der Waals surface area contributed by atoms with E-state index in [4.69, 9.17) is 14.9 Å². The summed E-state index contributed by atoms with van der Waals surface area (Å²) >= 11 is 0. The van der Waals surface area contributed by atoms with Gasteiger partial charge in [-0.15, -0.1) is 0 Å². The molecule has 5 N–H and O–H groups in total. The van der Waals surface area contributed by atoms with Crippen molar-refractivity contribution in [1.29, 1.82) is 0 Å². The van der Waals surface area contributed by atoms with Gasteiger partial charge in [-0.1, -0.05) is 57.5 Å². The van der Waals surface area contributed by atoms with Crippen LogP contribution in [0.25, 0.3) is 16.5 Å².